The van der Waals surface area contributed by atoms with E-state index in [0.717, 1.165) is 11.3 Å². The molecule has 1 aliphatic heterocycles. The lowest BCUT2D eigenvalue weighted by molar-refractivity contribution is 0.0408. The van der Waals surface area contributed by atoms with Gasteiger partial charge in [-0.2, -0.15) is 0 Å². The zero-order valence-corrected chi connectivity index (χ0v) is 9.26. The first-order chi connectivity index (χ1) is 7.70. The Morgan fingerprint density at radius 2 is 2.00 bits per heavy atom. The summed E-state index contributed by atoms with van der Waals surface area (Å²) in [6.45, 7) is 0.460. The van der Waals surface area contributed by atoms with Gasteiger partial charge < -0.3 is 20.3 Å². The number of β-amino-alcohol motifs (C(OH)–C–C–N with tert-alkyl or cyclic N) is 1. The molecule has 88 valence electrons. The van der Waals surface area contributed by atoms with Gasteiger partial charge in [-0.05, 0) is 24.1 Å². The van der Waals surface area contributed by atoms with Gasteiger partial charge in [0.15, 0.2) is 0 Å². The molecular formula is C12H17NO3. The van der Waals surface area contributed by atoms with Gasteiger partial charge in [0.25, 0.3) is 0 Å². The number of hydrogen-bond acceptors (Lipinski definition) is 4. The molecule has 1 aromatic rings. The standard InChI is InChI=1S/C12H17NO3/c1-16-9-4-2-8(3-5-9)6-10-12(15)11(14)7-13-10/h2-5,10-15H,6-7H2,1H3/t10-,11+,12+/m0/s1. The van der Waals surface area contributed by atoms with E-state index in [1.165, 1.54) is 0 Å². The second kappa shape index (κ2) is 4.82. The average molecular weight is 223 g/mol. The van der Waals surface area contributed by atoms with Crippen LogP contribution in [0.15, 0.2) is 24.3 Å². The number of benzene rings is 1. The van der Waals surface area contributed by atoms with E-state index in [9.17, 15) is 10.2 Å². The Balaban J connectivity index is 1.98. The van der Waals surface area contributed by atoms with Gasteiger partial charge in [0.05, 0.1) is 19.3 Å². The van der Waals surface area contributed by atoms with Crippen LogP contribution < -0.4 is 10.1 Å². The van der Waals surface area contributed by atoms with Gasteiger partial charge in [0, 0.05) is 12.6 Å². The van der Waals surface area contributed by atoms with Crippen molar-refractivity contribution in [3.8, 4) is 5.75 Å². The summed E-state index contributed by atoms with van der Waals surface area (Å²) in [4.78, 5) is 0. The number of aliphatic hydroxyl groups excluding tert-OH is 2. The summed E-state index contributed by atoms with van der Waals surface area (Å²) in [7, 11) is 1.63. The number of ether oxygens (including phenoxy) is 1. The molecule has 16 heavy (non-hydrogen) atoms. The normalized spacial score (nSPS) is 29.3. The summed E-state index contributed by atoms with van der Waals surface area (Å²) >= 11 is 0. The molecule has 3 atom stereocenters. The molecule has 1 fully saturated rings. The van der Waals surface area contributed by atoms with Gasteiger partial charge in [-0.15, -0.1) is 0 Å². The van der Waals surface area contributed by atoms with E-state index < -0.39 is 12.2 Å². The van der Waals surface area contributed by atoms with Gasteiger partial charge >= 0.3 is 0 Å². The highest BCUT2D eigenvalue weighted by atomic mass is 16.5. The maximum atomic E-state index is 9.68. The summed E-state index contributed by atoms with van der Waals surface area (Å²) in [5, 5.41) is 22.2. The number of rotatable bonds is 3. The van der Waals surface area contributed by atoms with E-state index in [1.807, 2.05) is 24.3 Å². The third-order valence-corrected chi connectivity index (χ3v) is 3.01. The molecule has 4 heteroatoms. The highest BCUT2D eigenvalue weighted by Gasteiger charge is 2.32. The quantitative estimate of drug-likeness (QED) is 0.671. The molecule has 0 spiro atoms. The van der Waals surface area contributed by atoms with Crippen molar-refractivity contribution in [1.82, 2.24) is 5.32 Å². The molecule has 2 rings (SSSR count). The number of hydrogen-bond donors (Lipinski definition) is 3. The second-order valence-corrected chi connectivity index (χ2v) is 4.12. The minimum Gasteiger partial charge on any atom is -0.497 e. The molecule has 0 amide bonds. The molecule has 1 saturated heterocycles. The Morgan fingerprint density at radius 3 is 2.50 bits per heavy atom. The summed E-state index contributed by atoms with van der Waals surface area (Å²) in [5.41, 5.74) is 1.12. The lowest BCUT2D eigenvalue weighted by atomic mass is 10.0. The van der Waals surface area contributed by atoms with Crippen LogP contribution >= 0.6 is 0 Å². The molecule has 4 nitrogen and oxygen atoms in total. The van der Waals surface area contributed by atoms with Crippen LogP contribution in [0.2, 0.25) is 0 Å². The third kappa shape index (κ3) is 2.35. The maximum Gasteiger partial charge on any atom is 0.118 e. The van der Waals surface area contributed by atoms with Crippen molar-refractivity contribution in [2.45, 2.75) is 24.7 Å². The largest absolute Gasteiger partial charge is 0.497 e. The minimum atomic E-state index is -0.679. The lowest BCUT2D eigenvalue weighted by Crippen LogP contribution is -2.34. The van der Waals surface area contributed by atoms with Crippen molar-refractivity contribution in [1.29, 1.82) is 0 Å². The third-order valence-electron chi connectivity index (χ3n) is 3.01. The van der Waals surface area contributed by atoms with Gasteiger partial charge in [-0.25, -0.2) is 0 Å². The van der Waals surface area contributed by atoms with E-state index in [4.69, 9.17) is 4.74 Å². The van der Waals surface area contributed by atoms with Crippen LogP contribution in [0.4, 0.5) is 0 Å². The van der Waals surface area contributed by atoms with Crippen LogP contribution in [0.3, 0.4) is 0 Å². The fourth-order valence-electron chi connectivity index (χ4n) is 1.99. The molecule has 1 aromatic carbocycles. The molecule has 0 aromatic heterocycles. The SMILES string of the molecule is COc1ccc(C[C@@H]2NC[C@@H](O)[C@@H]2O)cc1. The number of nitrogens with one attached hydrogen (secondary N) is 1. The molecule has 3 N–H and O–H groups in total. The van der Waals surface area contributed by atoms with Gasteiger partial charge in [0.2, 0.25) is 0 Å². The van der Waals surface area contributed by atoms with Gasteiger partial charge in [0.1, 0.15) is 5.75 Å². The number of aliphatic hydroxyl groups is 2. The first kappa shape index (κ1) is 11.4. The van der Waals surface area contributed by atoms with Crippen LogP contribution in [0.1, 0.15) is 5.56 Å². The molecule has 0 saturated carbocycles. The fourth-order valence-corrected chi connectivity index (χ4v) is 1.99. The van der Waals surface area contributed by atoms with E-state index in [1.54, 1.807) is 7.11 Å². The first-order valence-electron chi connectivity index (χ1n) is 5.43. The van der Waals surface area contributed by atoms with Crippen LogP contribution in [0.5, 0.6) is 5.75 Å². The van der Waals surface area contributed by atoms with Crippen molar-refractivity contribution in [3.63, 3.8) is 0 Å². The molecule has 1 heterocycles. The van der Waals surface area contributed by atoms with Crippen molar-refractivity contribution in [2.75, 3.05) is 13.7 Å². The van der Waals surface area contributed by atoms with Crippen molar-refractivity contribution >= 4 is 0 Å². The van der Waals surface area contributed by atoms with Crippen LogP contribution in [-0.4, -0.2) is 42.1 Å². The average Bonchev–Trinajstić information content (AvgIpc) is 2.62. The van der Waals surface area contributed by atoms with Crippen molar-refractivity contribution in [3.05, 3.63) is 29.8 Å². The summed E-state index contributed by atoms with van der Waals surface area (Å²) in [6, 6.07) is 7.67. The smallest absolute Gasteiger partial charge is 0.118 e. The molecule has 0 aliphatic carbocycles. The Labute approximate surface area is 94.9 Å². The van der Waals surface area contributed by atoms with E-state index in [-0.39, 0.29) is 6.04 Å². The van der Waals surface area contributed by atoms with Gasteiger partial charge in [-0.3, -0.25) is 0 Å². The zero-order valence-electron chi connectivity index (χ0n) is 9.26. The number of methoxy groups -OCH3 is 1. The Morgan fingerprint density at radius 1 is 1.31 bits per heavy atom. The molecular weight excluding hydrogens is 206 g/mol. The maximum absolute atomic E-state index is 9.68. The zero-order chi connectivity index (χ0) is 11.5. The highest BCUT2D eigenvalue weighted by Crippen LogP contribution is 2.16. The monoisotopic (exact) mass is 223 g/mol. The molecule has 0 unspecified atom stereocenters. The summed E-state index contributed by atoms with van der Waals surface area (Å²) < 4.78 is 5.07. The molecule has 0 radical (unpaired) electrons. The predicted octanol–water partition coefficient (Wildman–Crippen LogP) is -0.0687. The second-order valence-electron chi connectivity index (χ2n) is 4.12. The highest BCUT2D eigenvalue weighted by molar-refractivity contribution is 5.28. The van der Waals surface area contributed by atoms with Crippen molar-refractivity contribution < 1.29 is 14.9 Å². The van der Waals surface area contributed by atoms with E-state index in [0.29, 0.717) is 13.0 Å². The summed E-state index contributed by atoms with van der Waals surface area (Å²) in [5.74, 6) is 0.823. The van der Waals surface area contributed by atoms with Crippen LogP contribution in [0, 0.1) is 0 Å². The van der Waals surface area contributed by atoms with Crippen LogP contribution in [-0.2, 0) is 6.42 Å². The Hall–Kier alpha value is -1.10. The first-order valence-corrected chi connectivity index (χ1v) is 5.43. The Kier molecular flexibility index (Phi) is 3.43. The van der Waals surface area contributed by atoms with E-state index in [2.05, 4.69) is 5.32 Å². The summed E-state index contributed by atoms with van der Waals surface area (Å²) in [6.07, 6.45) is -0.618. The lowest BCUT2D eigenvalue weighted by Gasteiger charge is -2.16. The Bertz CT molecular complexity index is 339. The van der Waals surface area contributed by atoms with Crippen LogP contribution in [0.25, 0.3) is 0 Å². The van der Waals surface area contributed by atoms with Crippen molar-refractivity contribution in [2.24, 2.45) is 0 Å². The topological polar surface area (TPSA) is 61.7 Å². The van der Waals surface area contributed by atoms with E-state index >= 15 is 0 Å². The minimum absolute atomic E-state index is 0.0663. The molecule has 1 aliphatic rings. The predicted molar refractivity (Wildman–Crippen MR) is 60.5 cm³/mol. The van der Waals surface area contributed by atoms with Gasteiger partial charge in [-0.1, -0.05) is 12.1 Å². The fraction of sp³-hybridized carbons (Fsp3) is 0.500. The molecule has 0 bridgehead atoms.